The zero-order chi connectivity index (χ0) is 16.8. The van der Waals surface area contributed by atoms with E-state index in [1.54, 1.807) is 6.07 Å². The number of ether oxygens (including phenoxy) is 1. The Morgan fingerprint density at radius 1 is 0.958 bits per heavy atom. The molecule has 0 radical (unpaired) electrons. The van der Waals surface area contributed by atoms with Crippen LogP contribution in [0, 0.1) is 6.92 Å². The number of aromatic nitrogens is 2. The molecule has 0 amide bonds. The van der Waals surface area contributed by atoms with Crippen molar-refractivity contribution >= 4 is 23.8 Å². The monoisotopic (exact) mass is 336 g/mol. The van der Waals surface area contributed by atoms with Crippen LogP contribution in [-0.4, -0.2) is 9.97 Å². The predicted octanol–water partition coefficient (Wildman–Crippen LogP) is 5.19. The average Bonchev–Trinajstić information content (AvgIpc) is 2.59. The van der Waals surface area contributed by atoms with Gasteiger partial charge in [0.2, 0.25) is 0 Å². The lowest BCUT2D eigenvalue weighted by molar-refractivity contribution is 0.306. The molecule has 0 N–H and O–H groups in total. The highest BCUT2D eigenvalue weighted by atomic mass is 35.5. The molecule has 4 heteroatoms. The molecule has 1 aromatic heterocycles. The zero-order valence-electron chi connectivity index (χ0n) is 13.3. The van der Waals surface area contributed by atoms with Crippen molar-refractivity contribution in [3.05, 3.63) is 88.5 Å². The summed E-state index contributed by atoms with van der Waals surface area (Å²) in [5, 5.41) is 0.446. The topological polar surface area (TPSA) is 35.0 Å². The van der Waals surface area contributed by atoms with Gasteiger partial charge >= 0.3 is 0 Å². The molecule has 0 unspecified atom stereocenters. The normalized spacial score (nSPS) is 10.9. The molecule has 0 saturated heterocycles. The largest absolute Gasteiger partial charge is 0.489 e. The molecule has 0 aliphatic carbocycles. The first kappa shape index (κ1) is 16.2. The summed E-state index contributed by atoms with van der Waals surface area (Å²) in [5.41, 5.74) is 3.00. The third-order valence-electron chi connectivity index (χ3n) is 3.37. The van der Waals surface area contributed by atoms with E-state index in [1.807, 2.05) is 73.7 Å². The molecule has 0 saturated carbocycles. The molecule has 0 aliphatic rings. The third kappa shape index (κ3) is 4.67. The van der Waals surface area contributed by atoms with Crippen LogP contribution in [-0.2, 0) is 6.61 Å². The second-order valence-electron chi connectivity index (χ2n) is 5.37. The van der Waals surface area contributed by atoms with E-state index in [0.717, 1.165) is 22.6 Å². The van der Waals surface area contributed by atoms with Crippen molar-refractivity contribution in [2.75, 3.05) is 0 Å². The van der Waals surface area contributed by atoms with Crippen molar-refractivity contribution < 1.29 is 4.74 Å². The van der Waals surface area contributed by atoms with E-state index in [2.05, 4.69) is 9.97 Å². The molecule has 2 aromatic carbocycles. The van der Waals surface area contributed by atoms with Gasteiger partial charge in [-0.3, -0.25) is 0 Å². The van der Waals surface area contributed by atoms with E-state index in [9.17, 15) is 0 Å². The maximum atomic E-state index is 5.95. The molecule has 0 spiro atoms. The number of aryl methyl sites for hydroxylation is 1. The van der Waals surface area contributed by atoms with Gasteiger partial charge in [0.25, 0.3) is 0 Å². The highest BCUT2D eigenvalue weighted by Crippen LogP contribution is 2.17. The van der Waals surface area contributed by atoms with Gasteiger partial charge in [-0.1, -0.05) is 60.1 Å². The number of benzene rings is 2. The Morgan fingerprint density at radius 2 is 1.79 bits per heavy atom. The molecule has 24 heavy (non-hydrogen) atoms. The Bertz CT molecular complexity index is 827. The van der Waals surface area contributed by atoms with Crippen molar-refractivity contribution in [1.29, 1.82) is 0 Å². The number of rotatable bonds is 5. The summed E-state index contributed by atoms with van der Waals surface area (Å²) < 4.78 is 5.84. The SMILES string of the molecule is Cc1cc(Cl)nc(/C=C/c2cccc(OCc3ccccc3)c2)n1. The molecule has 120 valence electrons. The van der Waals surface area contributed by atoms with Gasteiger partial charge in [-0.15, -0.1) is 0 Å². The van der Waals surface area contributed by atoms with E-state index in [0.29, 0.717) is 17.6 Å². The Balaban J connectivity index is 1.69. The Morgan fingerprint density at radius 3 is 2.58 bits per heavy atom. The molecular formula is C20H17ClN2O. The van der Waals surface area contributed by atoms with Gasteiger partial charge in [-0.2, -0.15) is 0 Å². The van der Waals surface area contributed by atoms with Crippen molar-refractivity contribution in [1.82, 2.24) is 9.97 Å². The maximum Gasteiger partial charge on any atom is 0.153 e. The second-order valence-corrected chi connectivity index (χ2v) is 5.76. The first-order chi connectivity index (χ1) is 11.7. The van der Waals surface area contributed by atoms with Crippen molar-refractivity contribution in [3.63, 3.8) is 0 Å². The lowest BCUT2D eigenvalue weighted by Crippen LogP contribution is -1.95. The van der Waals surface area contributed by atoms with E-state index in [4.69, 9.17) is 16.3 Å². The van der Waals surface area contributed by atoms with Gasteiger partial charge in [0.05, 0.1) is 0 Å². The van der Waals surface area contributed by atoms with Crippen LogP contribution in [0.4, 0.5) is 0 Å². The number of hydrogen-bond acceptors (Lipinski definition) is 3. The minimum absolute atomic E-state index is 0.446. The van der Waals surface area contributed by atoms with Crippen LogP contribution in [0.25, 0.3) is 12.2 Å². The summed E-state index contributed by atoms with van der Waals surface area (Å²) in [6, 6.07) is 19.7. The standard InChI is InChI=1S/C20H17ClN2O/c1-15-12-19(21)23-20(22-15)11-10-16-8-5-9-18(13-16)24-14-17-6-3-2-4-7-17/h2-13H,14H2,1H3/b11-10+. The molecule has 3 aromatic rings. The molecule has 0 aliphatic heterocycles. The molecule has 3 rings (SSSR count). The van der Waals surface area contributed by atoms with Gasteiger partial charge in [-0.05, 0) is 42.3 Å². The fraction of sp³-hybridized carbons (Fsp3) is 0.100. The lowest BCUT2D eigenvalue weighted by Gasteiger charge is -2.07. The summed E-state index contributed by atoms with van der Waals surface area (Å²) in [7, 11) is 0. The van der Waals surface area contributed by atoms with Crippen LogP contribution in [0.3, 0.4) is 0 Å². The van der Waals surface area contributed by atoms with Crippen LogP contribution < -0.4 is 4.74 Å². The Hall–Kier alpha value is -2.65. The Kier molecular flexibility index (Phi) is 5.24. The summed E-state index contributed by atoms with van der Waals surface area (Å²) in [5.74, 6) is 1.42. The second kappa shape index (κ2) is 7.75. The van der Waals surface area contributed by atoms with E-state index in [-0.39, 0.29) is 0 Å². The predicted molar refractivity (Wildman–Crippen MR) is 97.9 cm³/mol. The fourth-order valence-corrected chi connectivity index (χ4v) is 2.49. The van der Waals surface area contributed by atoms with E-state index >= 15 is 0 Å². The molecule has 3 nitrogen and oxygen atoms in total. The minimum Gasteiger partial charge on any atom is -0.489 e. The molecule has 0 bridgehead atoms. The minimum atomic E-state index is 0.446. The molecular weight excluding hydrogens is 320 g/mol. The van der Waals surface area contributed by atoms with Gasteiger partial charge < -0.3 is 4.74 Å². The van der Waals surface area contributed by atoms with Crippen molar-refractivity contribution in [3.8, 4) is 5.75 Å². The summed E-state index contributed by atoms with van der Waals surface area (Å²) in [4.78, 5) is 8.52. The highest BCUT2D eigenvalue weighted by Gasteiger charge is 1.99. The zero-order valence-corrected chi connectivity index (χ0v) is 14.1. The van der Waals surface area contributed by atoms with Crippen LogP contribution in [0.2, 0.25) is 5.15 Å². The van der Waals surface area contributed by atoms with Gasteiger partial charge in [-0.25, -0.2) is 9.97 Å². The van der Waals surface area contributed by atoms with Crippen molar-refractivity contribution in [2.45, 2.75) is 13.5 Å². The third-order valence-corrected chi connectivity index (χ3v) is 3.57. The molecule has 1 heterocycles. The number of nitrogens with zero attached hydrogens (tertiary/aromatic N) is 2. The van der Waals surface area contributed by atoms with Crippen LogP contribution in [0.5, 0.6) is 5.75 Å². The first-order valence-electron chi connectivity index (χ1n) is 7.65. The quantitative estimate of drug-likeness (QED) is 0.601. The molecule has 0 fully saturated rings. The summed E-state index contributed by atoms with van der Waals surface area (Å²) >= 11 is 5.95. The Labute approximate surface area is 146 Å². The van der Waals surface area contributed by atoms with Gasteiger partial charge in [0.15, 0.2) is 5.82 Å². The van der Waals surface area contributed by atoms with E-state index in [1.165, 1.54) is 0 Å². The van der Waals surface area contributed by atoms with Crippen LogP contribution in [0.15, 0.2) is 60.7 Å². The lowest BCUT2D eigenvalue weighted by atomic mass is 10.2. The van der Waals surface area contributed by atoms with Crippen LogP contribution in [0.1, 0.15) is 22.6 Å². The van der Waals surface area contributed by atoms with Gasteiger partial charge in [0, 0.05) is 5.69 Å². The van der Waals surface area contributed by atoms with Crippen LogP contribution >= 0.6 is 11.6 Å². The number of hydrogen-bond donors (Lipinski definition) is 0. The highest BCUT2D eigenvalue weighted by molar-refractivity contribution is 6.29. The summed E-state index contributed by atoms with van der Waals surface area (Å²) in [6.07, 6.45) is 3.79. The maximum absolute atomic E-state index is 5.95. The number of halogens is 1. The average molecular weight is 337 g/mol. The van der Waals surface area contributed by atoms with Crippen molar-refractivity contribution in [2.24, 2.45) is 0 Å². The first-order valence-corrected chi connectivity index (χ1v) is 8.03. The molecule has 0 atom stereocenters. The fourth-order valence-electron chi connectivity index (χ4n) is 2.25. The smallest absolute Gasteiger partial charge is 0.153 e. The van der Waals surface area contributed by atoms with Gasteiger partial charge in [0.1, 0.15) is 17.5 Å². The summed E-state index contributed by atoms with van der Waals surface area (Å²) in [6.45, 7) is 2.44. The van der Waals surface area contributed by atoms with E-state index < -0.39 is 0 Å².